The molecule has 0 saturated carbocycles. The van der Waals surface area contributed by atoms with E-state index in [0.29, 0.717) is 31.9 Å². The third-order valence-electron chi connectivity index (χ3n) is 4.39. The summed E-state index contributed by atoms with van der Waals surface area (Å²) in [7, 11) is 0. The number of piperazine rings is 1. The van der Waals surface area contributed by atoms with Gasteiger partial charge in [-0.05, 0) is 13.0 Å². The average molecular weight is 389 g/mol. The Hall–Kier alpha value is -2.29. The minimum atomic E-state index is -4.59. The molecule has 1 aliphatic heterocycles. The molecule has 0 N–H and O–H groups in total. The van der Waals surface area contributed by atoms with E-state index in [0.717, 1.165) is 16.7 Å². The molecule has 1 fully saturated rings. The number of carbonyl (C=O) groups is 2. The van der Waals surface area contributed by atoms with Gasteiger partial charge in [0, 0.05) is 39.3 Å². The van der Waals surface area contributed by atoms with Crippen LogP contribution < -0.4 is 0 Å². The fraction of sp³-hybridized carbons (Fsp3) is 0.438. The average Bonchev–Trinajstić information content (AvgIpc) is 2.90. The van der Waals surface area contributed by atoms with Gasteiger partial charge in [0.15, 0.2) is 5.65 Å². The SMILES string of the molecule is CC(=O)N1CCN(C(=O)c2c(C)nc3c(Cl)cc(C(F)(F)F)cn23)CC1. The molecule has 6 nitrogen and oxygen atoms in total. The summed E-state index contributed by atoms with van der Waals surface area (Å²) in [5, 5.41) is -0.177. The van der Waals surface area contributed by atoms with Crippen LogP contribution in [0.2, 0.25) is 5.02 Å². The Balaban J connectivity index is 1.99. The first-order valence-corrected chi connectivity index (χ1v) is 8.27. The molecule has 1 saturated heterocycles. The number of nitrogens with zero attached hydrogens (tertiary/aromatic N) is 4. The number of fused-ring (bicyclic) bond motifs is 1. The largest absolute Gasteiger partial charge is 0.417 e. The number of alkyl halides is 3. The fourth-order valence-corrected chi connectivity index (χ4v) is 3.26. The van der Waals surface area contributed by atoms with Gasteiger partial charge < -0.3 is 9.80 Å². The molecule has 0 bridgehead atoms. The molecule has 2 aromatic heterocycles. The highest BCUT2D eigenvalue weighted by molar-refractivity contribution is 6.33. The molecule has 140 valence electrons. The van der Waals surface area contributed by atoms with Crippen molar-refractivity contribution in [3.8, 4) is 0 Å². The van der Waals surface area contributed by atoms with Gasteiger partial charge >= 0.3 is 6.18 Å². The number of aromatic nitrogens is 2. The van der Waals surface area contributed by atoms with Crippen molar-refractivity contribution in [1.82, 2.24) is 19.2 Å². The Kier molecular flexibility index (Phi) is 4.60. The second-order valence-electron chi connectivity index (χ2n) is 6.11. The predicted octanol–water partition coefficient (Wildman–Crippen LogP) is 2.62. The van der Waals surface area contributed by atoms with Crippen LogP contribution in [0.15, 0.2) is 12.3 Å². The Bertz CT molecular complexity index is 886. The van der Waals surface area contributed by atoms with Crippen LogP contribution in [0.3, 0.4) is 0 Å². The molecule has 2 aromatic rings. The molecule has 0 unspecified atom stereocenters. The molecule has 0 spiro atoms. The van der Waals surface area contributed by atoms with Gasteiger partial charge in [0.05, 0.1) is 16.3 Å². The van der Waals surface area contributed by atoms with E-state index in [1.807, 2.05) is 0 Å². The van der Waals surface area contributed by atoms with E-state index in [-0.39, 0.29) is 22.3 Å². The van der Waals surface area contributed by atoms with Crippen molar-refractivity contribution in [2.24, 2.45) is 0 Å². The highest BCUT2D eigenvalue weighted by atomic mass is 35.5. The van der Waals surface area contributed by atoms with Crippen molar-refractivity contribution in [2.45, 2.75) is 20.0 Å². The molecule has 3 rings (SSSR count). The lowest BCUT2D eigenvalue weighted by molar-refractivity contribution is -0.137. The van der Waals surface area contributed by atoms with Gasteiger partial charge in [-0.2, -0.15) is 13.2 Å². The summed E-state index contributed by atoms with van der Waals surface area (Å²) < 4.78 is 40.3. The Labute approximate surface area is 152 Å². The lowest BCUT2D eigenvalue weighted by atomic mass is 10.2. The zero-order valence-corrected chi connectivity index (χ0v) is 14.9. The van der Waals surface area contributed by atoms with Crippen LogP contribution in [0.1, 0.15) is 28.7 Å². The molecule has 2 amide bonds. The van der Waals surface area contributed by atoms with Crippen LogP contribution in [0.4, 0.5) is 13.2 Å². The van der Waals surface area contributed by atoms with Crippen molar-refractivity contribution in [3.63, 3.8) is 0 Å². The molecule has 0 atom stereocenters. The monoisotopic (exact) mass is 388 g/mol. The fourth-order valence-electron chi connectivity index (χ4n) is 3.00. The third kappa shape index (κ3) is 3.23. The number of halogens is 4. The summed E-state index contributed by atoms with van der Waals surface area (Å²) in [6, 6.07) is 0.795. The second-order valence-corrected chi connectivity index (χ2v) is 6.52. The smallest absolute Gasteiger partial charge is 0.339 e. The molecule has 26 heavy (non-hydrogen) atoms. The van der Waals surface area contributed by atoms with Gasteiger partial charge in [-0.25, -0.2) is 4.98 Å². The number of rotatable bonds is 1. The van der Waals surface area contributed by atoms with Gasteiger partial charge in [0.2, 0.25) is 5.91 Å². The summed E-state index contributed by atoms with van der Waals surface area (Å²) in [6.07, 6.45) is -3.76. The highest BCUT2D eigenvalue weighted by Crippen LogP contribution is 2.33. The van der Waals surface area contributed by atoms with Crippen molar-refractivity contribution < 1.29 is 22.8 Å². The Morgan fingerprint density at radius 3 is 2.27 bits per heavy atom. The summed E-state index contributed by atoms with van der Waals surface area (Å²) in [5.41, 5.74) is -0.514. The summed E-state index contributed by atoms with van der Waals surface area (Å²) in [4.78, 5) is 31.5. The maximum Gasteiger partial charge on any atom is 0.417 e. The summed E-state index contributed by atoms with van der Waals surface area (Å²) in [5.74, 6) is -0.515. The molecule has 3 heterocycles. The number of pyridine rings is 1. The van der Waals surface area contributed by atoms with E-state index in [9.17, 15) is 22.8 Å². The lowest BCUT2D eigenvalue weighted by Gasteiger charge is -2.34. The van der Waals surface area contributed by atoms with Crippen LogP contribution >= 0.6 is 11.6 Å². The van der Waals surface area contributed by atoms with Crippen molar-refractivity contribution in [3.05, 3.63) is 34.2 Å². The van der Waals surface area contributed by atoms with Gasteiger partial charge in [0.1, 0.15) is 5.69 Å². The first-order chi connectivity index (χ1) is 12.1. The molecule has 0 aliphatic carbocycles. The normalized spacial score (nSPS) is 15.6. The number of hydrogen-bond acceptors (Lipinski definition) is 3. The second kappa shape index (κ2) is 6.46. The van der Waals surface area contributed by atoms with Crippen molar-refractivity contribution in [2.75, 3.05) is 26.2 Å². The number of carbonyl (C=O) groups excluding carboxylic acids is 2. The lowest BCUT2D eigenvalue weighted by Crippen LogP contribution is -2.50. The van der Waals surface area contributed by atoms with Crippen LogP contribution in [0, 0.1) is 6.92 Å². The van der Waals surface area contributed by atoms with E-state index in [1.54, 1.807) is 11.8 Å². The first-order valence-electron chi connectivity index (χ1n) is 7.89. The molecule has 10 heteroatoms. The predicted molar refractivity (Wildman–Crippen MR) is 88.1 cm³/mol. The van der Waals surface area contributed by atoms with E-state index >= 15 is 0 Å². The van der Waals surface area contributed by atoms with E-state index in [2.05, 4.69) is 4.98 Å². The standard InChI is InChI=1S/C16H16ClF3N4O2/c1-9-13(15(26)23-5-3-22(4-6-23)10(2)25)24-8-11(16(18,19)20)7-12(17)14(24)21-9/h7-8H,3-6H2,1-2H3. The number of aryl methyl sites for hydroxylation is 1. The van der Waals surface area contributed by atoms with Crippen molar-refractivity contribution in [1.29, 1.82) is 0 Å². The van der Waals surface area contributed by atoms with Gasteiger partial charge in [-0.3, -0.25) is 14.0 Å². The van der Waals surface area contributed by atoms with Crippen LogP contribution in [-0.2, 0) is 11.0 Å². The Morgan fingerprint density at radius 1 is 1.15 bits per heavy atom. The summed E-state index contributed by atoms with van der Waals surface area (Å²) >= 11 is 5.95. The maximum absolute atomic E-state index is 13.1. The first kappa shape index (κ1) is 18.5. The molecular weight excluding hydrogens is 373 g/mol. The number of hydrogen-bond donors (Lipinski definition) is 0. The zero-order chi connectivity index (χ0) is 19.2. The minimum Gasteiger partial charge on any atom is -0.339 e. The molecule has 0 aromatic carbocycles. The molecule has 0 radical (unpaired) electrons. The van der Waals surface area contributed by atoms with E-state index < -0.39 is 17.6 Å². The number of amides is 2. The van der Waals surface area contributed by atoms with Gasteiger partial charge in [-0.1, -0.05) is 11.6 Å². The van der Waals surface area contributed by atoms with Crippen LogP contribution in [0.25, 0.3) is 5.65 Å². The number of imidazole rings is 1. The zero-order valence-electron chi connectivity index (χ0n) is 14.1. The Morgan fingerprint density at radius 2 is 1.73 bits per heavy atom. The highest BCUT2D eigenvalue weighted by Gasteiger charge is 2.33. The van der Waals surface area contributed by atoms with Crippen molar-refractivity contribution >= 4 is 29.1 Å². The van der Waals surface area contributed by atoms with Crippen LogP contribution in [-0.4, -0.2) is 57.2 Å². The maximum atomic E-state index is 13.1. The quantitative estimate of drug-likeness (QED) is 0.754. The van der Waals surface area contributed by atoms with Gasteiger partial charge in [0.25, 0.3) is 5.91 Å². The van der Waals surface area contributed by atoms with Crippen LogP contribution in [0.5, 0.6) is 0 Å². The topological polar surface area (TPSA) is 57.9 Å². The third-order valence-corrected chi connectivity index (χ3v) is 4.67. The molecule has 1 aliphatic rings. The molecular formula is C16H16ClF3N4O2. The van der Waals surface area contributed by atoms with E-state index in [4.69, 9.17) is 11.6 Å². The van der Waals surface area contributed by atoms with E-state index in [1.165, 1.54) is 11.8 Å². The minimum absolute atomic E-state index is 0.0456. The van der Waals surface area contributed by atoms with Gasteiger partial charge in [-0.15, -0.1) is 0 Å². The summed E-state index contributed by atoms with van der Waals surface area (Å²) in [6.45, 7) is 4.37.